The zero-order chi connectivity index (χ0) is 36.3. The molecule has 0 fully saturated rings. The molecule has 0 aliphatic carbocycles. The van der Waals surface area contributed by atoms with E-state index in [2.05, 4.69) is 211 Å². The smallest absolute Gasteiger partial charge is 0.145 e. The van der Waals surface area contributed by atoms with Crippen molar-refractivity contribution in [2.45, 2.75) is 0 Å². The first-order chi connectivity index (χ1) is 27.3. The number of hydrogen-bond acceptors (Lipinski definition) is 1. The Morgan fingerprint density at radius 1 is 0.327 bits per heavy atom. The molecule has 10 aromatic carbocycles. The zero-order valence-electron chi connectivity index (χ0n) is 30.0. The van der Waals surface area contributed by atoms with Crippen LogP contribution in [0.4, 0.5) is 0 Å². The van der Waals surface area contributed by atoms with Crippen molar-refractivity contribution >= 4 is 54.1 Å². The summed E-state index contributed by atoms with van der Waals surface area (Å²) >= 11 is 0. The highest BCUT2D eigenvalue weighted by Crippen LogP contribution is 2.45. The summed E-state index contributed by atoms with van der Waals surface area (Å²) in [6, 6.07) is 74.6. The molecule has 2 nitrogen and oxygen atoms in total. The van der Waals surface area contributed by atoms with Gasteiger partial charge in [0.25, 0.3) is 0 Å². The van der Waals surface area contributed by atoms with E-state index in [1.165, 1.54) is 70.9 Å². The first-order valence-corrected chi connectivity index (χ1v) is 18.9. The molecule has 0 aliphatic rings. The monoisotopic (exact) mass is 698 g/mol. The average molecular weight is 699 g/mol. The van der Waals surface area contributed by atoms with Crippen molar-refractivity contribution < 1.29 is 0 Å². The molecule has 0 radical (unpaired) electrons. The van der Waals surface area contributed by atoms with Crippen molar-refractivity contribution in [1.82, 2.24) is 9.55 Å². The Hall–Kier alpha value is -7.29. The van der Waals surface area contributed by atoms with Gasteiger partial charge in [0.1, 0.15) is 5.82 Å². The van der Waals surface area contributed by atoms with Gasteiger partial charge in [0, 0.05) is 16.6 Å². The fourth-order valence-electron chi connectivity index (χ4n) is 8.72. The van der Waals surface area contributed by atoms with Crippen LogP contribution in [0.3, 0.4) is 0 Å². The van der Waals surface area contributed by atoms with Crippen LogP contribution >= 0.6 is 0 Å². The lowest BCUT2D eigenvalue weighted by molar-refractivity contribution is 1.11. The van der Waals surface area contributed by atoms with Crippen molar-refractivity contribution in [3.05, 3.63) is 206 Å². The lowest BCUT2D eigenvalue weighted by atomic mass is 9.85. The quantitative estimate of drug-likeness (QED) is 0.164. The second-order valence-corrected chi connectivity index (χ2v) is 14.3. The molecule has 0 unspecified atom stereocenters. The summed E-state index contributed by atoms with van der Waals surface area (Å²) in [5, 5.41) is 9.84. The van der Waals surface area contributed by atoms with Gasteiger partial charge in [-0.1, -0.05) is 176 Å². The Labute approximate surface area is 319 Å². The number of nitrogens with zero attached hydrogens (tertiary/aromatic N) is 2. The highest BCUT2D eigenvalue weighted by atomic mass is 15.1. The topological polar surface area (TPSA) is 17.8 Å². The van der Waals surface area contributed by atoms with Crippen LogP contribution in [-0.2, 0) is 0 Å². The van der Waals surface area contributed by atoms with Gasteiger partial charge in [-0.25, -0.2) is 4.98 Å². The van der Waals surface area contributed by atoms with Gasteiger partial charge in [-0.3, -0.25) is 4.57 Å². The maximum absolute atomic E-state index is 5.50. The van der Waals surface area contributed by atoms with E-state index in [0.717, 1.165) is 33.7 Å². The Bertz CT molecular complexity index is 3190. The Morgan fingerprint density at radius 3 is 1.51 bits per heavy atom. The van der Waals surface area contributed by atoms with Crippen molar-refractivity contribution in [1.29, 1.82) is 0 Å². The average Bonchev–Trinajstić information content (AvgIpc) is 3.66. The summed E-state index contributed by atoms with van der Waals surface area (Å²) in [5.41, 5.74) is 11.5. The fourth-order valence-corrected chi connectivity index (χ4v) is 8.72. The number of rotatable bonds is 5. The number of hydrogen-bond donors (Lipinski definition) is 0. The van der Waals surface area contributed by atoms with Gasteiger partial charge in [0.2, 0.25) is 0 Å². The minimum atomic E-state index is 0.916. The highest BCUT2D eigenvalue weighted by Gasteiger charge is 2.21. The van der Waals surface area contributed by atoms with Crippen LogP contribution in [0.25, 0.3) is 105 Å². The van der Waals surface area contributed by atoms with Crippen LogP contribution in [0.15, 0.2) is 206 Å². The van der Waals surface area contributed by atoms with Gasteiger partial charge in [0.15, 0.2) is 0 Å². The standard InChI is InChI=1S/C53H34N2/c1-3-17-36(18-4-1)48-34-49-52(47-29-14-9-24-42(47)48)55(41-22-5-2-6-23-41)53(54-49)40-21-15-20-38(33-40)50-43-25-10-12-27-45(43)51(46-28-13-11-26-44(46)50)39-31-30-35-16-7-8-19-37(35)32-39/h1-34H. The van der Waals surface area contributed by atoms with Crippen LogP contribution < -0.4 is 0 Å². The summed E-state index contributed by atoms with van der Waals surface area (Å²) in [4.78, 5) is 5.50. The molecule has 0 amide bonds. The minimum absolute atomic E-state index is 0.916. The van der Waals surface area contributed by atoms with E-state index in [1.54, 1.807) is 0 Å². The van der Waals surface area contributed by atoms with E-state index in [1.807, 2.05) is 0 Å². The molecule has 0 N–H and O–H groups in total. The van der Waals surface area contributed by atoms with Crippen LogP contribution in [0.2, 0.25) is 0 Å². The molecule has 11 rings (SSSR count). The number of para-hydroxylation sites is 1. The van der Waals surface area contributed by atoms with Crippen molar-refractivity contribution in [2.75, 3.05) is 0 Å². The van der Waals surface area contributed by atoms with Gasteiger partial charge < -0.3 is 0 Å². The third-order valence-corrected chi connectivity index (χ3v) is 11.1. The molecule has 0 saturated heterocycles. The van der Waals surface area contributed by atoms with Crippen LogP contribution in [0.1, 0.15) is 0 Å². The number of benzene rings is 10. The van der Waals surface area contributed by atoms with E-state index >= 15 is 0 Å². The fraction of sp³-hybridized carbons (Fsp3) is 0. The molecule has 11 aromatic rings. The first kappa shape index (κ1) is 31.3. The van der Waals surface area contributed by atoms with E-state index in [9.17, 15) is 0 Å². The van der Waals surface area contributed by atoms with Gasteiger partial charge in [-0.2, -0.15) is 0 Å². The van der Waals surface area contributed by atoms with Gasteiger partial charge in [0.05, 0.1) is 11.0 Å². The summed E-state index contributed by atoms with van der Waals surface area (Å²) in [6.45, 7) is 0. The van der Waals surface area contributed by atoms with Gasteiger partial charge in [-0.05, 0) is 101 Å². The maximum atomic E-state index is 5.50. The summed E-state index contributed by atoms with van der Waals surface area (Å²) in [7, 11) is 0. The largest absolute Gasteiger partial charge is 0.292 e. The molecule has 0 bridgehead atoms. The number of imidazole rings is 1. The van der Waals surface area contributed by atoms with Crippen LogP contribution in [0, 0.1) is 0 Å². The normalized spacial score (nSPS) is 11.6. The summed E-state index contributed by atoms with van der Waals surface area (Å²) < 4.78 is 2.35. The zero-order valence-corrected chi connectivity index (χ0v) is 30.0. The summed E-state index contributed by atoms with van der Waals surface area (Å²) in [5.74, 6) is 0.916. The van der Waals surface area contributed by atoms with Gasteiger partial charge >= 0.3 is 0 Å². The molecule has 0 spiro atoms. The number of aromatic nitrogens is 2. The second kappa shape index (κ2) is 12.7. The Kier molecular flexibility index (Phi) is 7.21. The van der Waals surface area contributed by atoms with Crippen LogP contribution in [0.5, 0.6) is 0 Å². The predicted octanol–water partition coefficient (Wildman–Crippen LogP) is 14.3. The molecule has 256 valence electrons. The molecule has 2 heteroatoms. The highest BCUT2D eigenvalue weighted by molar-refractivity contribution is 6.22. The first-order valence-electron chi connectivity index (χ1n) is 18.9. The third kappa shape index (κ3) is 5.07. The molecule has 1 aromatic heterocycles. The predicted molar refractivity (Wildman–Crippen MR) is 233 cm³/mol. The third-order valence-electron chi connectivity index (χ3n) is 11.1. The van der Waals surface area contributed by atoms with Crippen molar-refractivity contribution in [3.8, 4) is 50.5 Å². The molecular formula is C53H34N2. The Morgan fingerprint density at radius 2 is 0.836 bits per heavy atom. The lowest BCUT2D eigenvalue weighted by Crippen LogP contribution is -1.98. The second-order valence-electron chi connectivity index (χ2n) is 14.3. The van der Waals surface area contributed by atoms with E-state index in [0.29, 0.717) is 0 Å². The SMILES string of the molecule is c1ccc(-c2cc3nc(-c4cccc(-c5c6ccccc6c(-c6ccc7ccccc7c6)c6ccccc56)c4)n(-c4ccccc4)c3c3ccccc23)cc1. The molecule has 55 heavy (non-hydrogen) atoms. The number of fused-ring (bicyclic) bond motifs is 6. The van der Waals surface area contributed by atoms with E-state index in [-0.39, 0.29) is 0 Å². The molecule has 1 heterocycles. The van der Waals surface area contributed by atoms with Crippen LogP contribution in [-0.4, -0.2) is 9.55 Å². The molecule has 0 atom stereocenters. The van der Waals surface area contributed by atoms with Crippen molar-refractivity contribution in [3.63, 3.8) is 0 Å². The lowest BCUT2D eigenvalue weighted by Gasteiger charge is -2.18. The van der Waals surface area contributed by atoms with Gasteiger partial charge in [-0.15, -0.1) is 0 Å². The van der Waals surface area contributed by atoms with E-state index < -0.39 is 0 Å². The summed E-state index contributed by atoms with van der Waals surface area (Å²) in [6.07, 6.45) is 0. The van der Waals surface area contributed by atoms with Crippen molar-refractivity contribution in [2.24, 2.45) is 0 Å². The molecule has 0 saturated carbocycles. The molecule has 0 aliphatic heterocycles. The molecular weight excluding hydrogens is 665 g/mol. The minimum Gasteiger partial charge on any atom is -0.292 e. The Balaban J connectivity index is 1.17. The maximum Gasteiger partial charge on any atom is 0.145 e. The van der Waals surface area contributed by atoms with E-state index in [4.69, 9.17) is 4.98 Å².